The number of anilines is 1. The van der Waals surface area contributed by atoms with Crippen molar-refractivity contribution in [3.8, 4) is 0 Å². The molecule has 8 nitrogen and oxygen atoms in total. The van der Waals surface area contributed by atoms with Crippen molar-refractivity contribution in [3.05, 3.63) is 5.69 Å². The molecule has 1 aromatic rings. The predicted octanol–water partition coefficient (Wildman–Crippen LogP) is -1.06. The number of ether oxygens (including phenoxy) is 1. The van der Waals surface area contributed by atoms with E-state index in [4.69, 9.17) is 10.5 Å². The Balaban J connectivity index is 3.03. The Morgan fingerprint density at radius 1 is 1.58 bits per heavy atom. The zero-order chi connectivity index (χ0) is 14.8. The highest BCUT2D eigenvalue weighted by atomic mass is 32.2. The zero-order valence-electron chi connectivity index (χ0n) is 11.5. The van der Waals surface area contributed by atoms with Crippen molar-refractivity contribution < 1.29 is 18.3 Å². The van der Waals surface area contributed by atoms with Crippen LogP contribution in [0.5, 0.6) is 0 Å². The Labute approximate surface area is 112 Å². The lowest BCUT2D eigenvalue weighted by atomic mass is 10.4. The standard InChI is InChI=1S/C10H20N4O4S/c1-7-9(10(11)12-14(7)3)19(16,17)13(2)5-8(15)6-18-4/h8,15H,5-6H2,1-4H3,(H2,11,12). The van der Waals surface area contributed by atoms with Gasteiger partial charge in [-0.2, -0.15) is 9.40 Å². The summed E-state index contributed by atoms with van der Waals surface area (Å²) < 4.78 is 31.9. The number of aryl methyl sites for hydroxylation is 1. The number of aromatic nitrogens is 2. The van der Waals surface area contributed by atoms with E-state index < -0.39 is 16.1 Å². The maximum Gasteiger partial charge on any atom is 0.248 e. The highest BCUT2D eigenvalue weighted by molar-refractivity contribution is 7.89. The largest absolute Gasteiger partial charge is 0.389 e. The first-order valence-electron chi connectivity index (χ1n) is 5.64. The molecule has 0 aliphatic rings. The molecular weight excluding hydrogens is 272 g/mol. The summed E-state index contributed by atoms with van der Waals surface area (Å²) in [5.41, 5.74) is 6.08. The first kappa shape index (κ1) is 15.9. The second-order valence-electron chi connectivity index (χ2n) is 4.32. The summed E-state index contributed by atoms with van der Waals surface area (Å²) >= 11 is 0. The Morgan fingerprint density at radius 3 is 2.58 bits per heavy atom. The first-order valence-corrected chi connectivity index (χ1v) is 7.08. The van der Waals surface area contributed by atoms with Crippen LogP contribution in [-0.2, 0) is 21.8 Å². The van der Waals surface area contributed by atoms with Crippen molar-refractivity contribution in [3.63, 3.8) is 0 Å². The molecule has 1 aromatic heterocycles. The van der Waals surface area contributed by atoms with Gasteiger partial charge in [-0.1, -0.05) is 0 Å². The van der Waals surface area contributed by atoms with Gasteiger partial charge in [-0.25, -0.2) is 8.42 Å². The highest BCUT2D eigenvalue weighted by Crippen LogP contribution is 2.24. The summed E-state index contributed by atoms with van der Waals surface area (Å²) in [6, 6.07) is 0. The van der Waals surface area contributed by atoms with E-state index in [0.29, 0.717) is 5.69 Å². The molecule has 0 aromatic carbocycles. The van der Waals surface area contributed by atoms with E-state index in [1.807, 2.05) is 0 Å². The van der Waals surface area contributed by atoms with E-state index in [9.17, 15) is 13.5 Å². The maximum atomic E-state index is 12.4. The molecule has 0 aliphatic carbocycles. The topological polar surface area (TPSA) is 111 Å². The zero-order valence-corrected chi connectivity index (χ0v) is 12.3. The van der Waals surface area contributed by atoms with Gasteiger partial charge < -0.3 is 15.6 Å². The van der Waals surface area contributed by atoms with Gasteiger partial charge in [-0.05, 0) is 6.92 Å². The van der Waals surface area contributed by atoms with Gasteiger partial charge in [0.05, 0.1) is 18.4 Å². The second kappa shape index (κ2) is 5.87. The summed E-state index contributed by atoms with van der Waals surface area (Å²) in [5, 5.41) is 13.5. The van der Waals surface area contributed by atoms with Crippen LogP contribution < -0.4 is 5.73 Å². The van der Waals surface area contributed by atoms with E-state index in [1.54, 1.807) is 14.0 Å². The average Bonchev–Trinajstić information content (AvgIpc) is 2.53. The Morgan fingerprint density at radius 2 is 2.16 bits per heavy atom. The van der Waals surface area contributed by atoms with E-state index >= 15 is 0 Å². The number of likely N-dealkylation sites (N-methyl/N-ethyl adjacent to an activating group) is 1. The second-order valence-corrected chi connectivity index (χ2v) is 6.30. The van der Waals surface area contributed by atoms with E-state index in [2.05, 4.69) is 5.10 Å². The molecule has 0 bridgehead atoms. The number of rotatable bonds is 6. The minimum absolute atomic E-state index is 0.0258. The van der Waals surface area contributed by atoms with Crippen molar-refractivity contribution in [1.29, 1.82) is 0 Å². The SMILES string of the molecule is COCC(O)CN(C)S(=O)(=O)c1c(N)nn(C)c1C. The van der Waals surface area contributed by atoms with Crippen molar-refractivity contribution in [2.45, 2.75) is 17.9 Å². The number of nitrogen functional groups attached to an aromatic ring is 1. The summed E-state index contributed by atoms with van der Waals surface area (Å²) in [5.74, 6) is -0.0481. The molecule has 0 spiro atoms. The van der Waals surface area contributed by atoms with Crippen LogP contribution in [0.25, 0.3) is 0 Å². The summed E-state index contributed by atoms with van der Waals surface area (Å²) in [4.78, 5) is -0.0258. The lowest BCUT2D eigenvalue weighted by Gasteiger charge is -2.20. The van der Waals surface area contributed by atoms with Crippen LogP contribution in [0.2, 0.25) is 0 Å². The number of nitrogens with zero attached hydrogens (tertiary/aromatic N) is 3. The molecule has 1 rings (SSSR count). The molecule has 0 aliphatic heterocycles. The van der Waals surface area contributed by atoms with E-state index in [1.165, 1.54) is 18.8 Å². The van der Waals surface area contributed by atoms with Crippen LogP contribution in [0.1, 0.15) is 5.69 Å². The lowest BCUT2D eigenvalue weighted by Crippen LogP contribution is -2.36. The van der Waals surface area contributed by atoms with Crippen molar-refractivity contribution in [2.24, 2.45) is 7.05 Å². The quantitative estimate of drug-likeness (QED) is 0.691. The Kier molecular flexibility index (Phi) is 4.91. The van der Waals surface area contributed by atoms with Gasteiger partial charge in [0.1, 0.15) is 4.90 Å². The third-order valence-corrected chi connectivity index (χ3v) is 4.79. The van der Waals surface area contributed by atoms with E-state index in [-0.39, 0.29) is 23.9 Å². The number of hydrogen-bond acceptors (Lipinski definition) is 6. The van der Waals surface area contributed by atoms with Crippen LogP contribution >= 0.6 is 0 Å². The van der Waals surface area contributed by atoms with Gasteiger partial charge in [-0.3, -0.25) is 4.68 Å². The van der Waals surface area contributed by atoms with Gasteiger partial charge in [0.15, 0.2) is 5.82 Å². The van der Waals surface area contributed by atoms with Crippen LogP contribution in [0.3, 0.4) is 0 Å². The molecular formula is C10H20N4O4S. The number of sulfonamides is 1. The Hall–Kier alpha value is -1.16. The van der Waals surface area contributed by atoms with Gasteiger partial charge in [0.2, 0.25) is 10.0 Å². The molecule has 1 atom stereocenters. The molecule has 1 unspecified atom stereocenters. The predicted molar refractivity (Wildman–Crippen MR) is 70.1 cm³/mol. The maximum absolute atomic E-state index is 12.4. The summed E-state index contributed by atoms with van der Waals surface area (Å²) in [6.07, 6.45) is -0.900. The molecule has 0 radical (unpaired) electrons. The molecule has 0 saturated carbocycles. The molecule has 0 fully saturated rings. The normalized spacial score (nSPS) is 14.0. The number of aliphatic hydroxyl groups excluding tert-OH is 1. The third kappa shape index (κ3) is 3.24. The average molecular weight is 292 g/mol. The molecule has 1 heterocycles. The fraction of sp³-hybridized carbons (Fsp3) is 0.700. The fourth-order valence-electron chi connectivity index (χ4n) is 1.73. The third-order valence-electron chi connectivity index (χ3n) is 2.80. The summed E-state index contributed by atoms with van der Waals surface area (Å²) in [6.45, 7) is 1.60. The number of hydrogen-bond donors (Lipinski definition) is 2. The number of nitrogens with two attached hydrogens (primary N) is 1. The van der Waals surface area contributed by atoms with Gasteiger partial charge in [-0.15, -0.1) is 0 Å². The molecule has 110 valence electrons. The van der Waals surface area contributed by atoms with Crippen LogP contribution in [0.15, 0.2) is 4.90 Å². The van der Waals surface area contributed by atoms with Crippen LogP contribution in [0.4, 0.5) is 5.82 Å². The van der Waals surface area contributed by atoms with Gasteiger partial charge in [0, 0.05) is 27.7 Å². The van der Waals surface area contributed by atoms with Crippen LogP contribution in [0, 0.1) is 6.92 Å². The van der Waals surface area contributed by atoms with Gasteiger partial charge in [0.25, 0.3) is 0 Å². The fourth-order valence-corrected chi connectivity index (χ4v) is 3.22. The molecule has 3 N–H and O–H groups in total. The molecule has 0 amide bonds. The smallest absolute Gasteiger partial charge is 0.248 e. The van der Waals surface area contributed by atoms with Gasteiger partial charge >= 0.3 is 0 Å². The van der Waals surface area contributed by atoms with Crippen molar-refractivity contribution in [2.75, 3.05) is 33.0 Å². The molecule has 9 heteroatoms. The van der Waals surface area contributed by atoms with Crippen molar-refractivity contribution >= 4 is 15.8 Å². The molecule has 0 saturated heterocycles. The lowest BCUT2D eigenvalue weighted by molar-refractivity contribution is 0.0554. The molecule has 19 heavy (non-hydrogen) atoms. The highest BCUT2D eigenvalue weighted by Gasteiger charge is 2.29. The number of methoxy groups -OCH3 is 1. The van der Waals surface area contributed by atoms with Crippen LogP contribution in [-0.4, -0.2) is 61.0 Å². The minimum atomic E-state index is -3.78. The first-order chi connectivity index (χ1) is 8.71. The Bertz CT molecular complexity index is 540. The monoisotopic (exact) mass is 292 g/mol. The van der Waals surface area contributed by atoms with E-state index in [0.717, 1.165) is 4.31 Å². The number of aliphatic hydroxyl groups is 1. The summed E-state index contributed by atoms with van der Waals surface area (Å²) in [7, 11) is 0.639. The van der Waals surface area contributed by atoms with Crippen molar-refractivity contribution in [1.82, 2.24) is 14.1 Å². The minimum Gasteiger partial charge on any atom is -0.389 e.